The van der Waals surface area contributed by atoms with Crippen molar-refractivity contribution in [3.63, 3.8) is 0 Å². The molecular formula is C28H33N7O3S. The van der Waals surface area contributed by atoms with Crippen LogP contribution in [0.5, 0.6) is 0 Å². The molecular weight excluding hydrogens is 514 g/mol. The summed E-state index contributed by atoms with van der Waals surface area (Å²) in [4.78, 5) is 40.3. The van der Waals surface area contributed by atoms with E-state index in [0.29, 0.717) is 28.4 Å². The predicted octanol–water partition coefficient (Wildman–Crippen LogP) is 1.54. The molecule has 1 saturated carbocycles. The number of nitrogens with zero attached hydrogens (tertiary/aromatic N) is 4. The second-order valence-corrected chi connectivity index (χ2v) is 10.9. The number of carbonyl (C=O) groups excluding carboxylic acids is 2. The molecule has 1 aliphatic heterocycles. The third-order valence-corrected chi connectivity index (χ3v) is 8.49. The van der Waals surface area contributed by atoms with Crippen molar-refractivity contribution in [2.45, 2.75) is 45.6 Å². The third kappa shape index (κ3) is 6.94. The van der Waals surface area contributed by atoms with Crippen LogP contribution in [0.15, 0.2) is 29.1 Å². The molecule has 0 unspecified atom stereocenters. The summed E-state index contributed by atoms with van der Waals surface area (Å²) in [7, 11) is 0. The zero-order valence-electron chi connectivity index (χ0n) is 22.0. The van der Waals surface area contributed by atoms with Crippen LogP contribution in [0.2, 0.25) is 0 Å². The van der Waals surface area contributed by atoms with Gasteiger partial charge in [0, 0.05) is 30.7 Å². The number of nitriles is 2. The SMILES string of the molecule is CCn1c(=C(C#N)C(=O)NCC#N)sc(=CNc2cccc(NC(=O)CN3CC[C@@H]4CCCC[C@@H]4C3)c2)c1=O. The van der Waals surface area contributed by atoms with Gasteiger partial charge >= 0.3 is 0 Å². The maximum atomic E-state index is 12.9. The Morgan fingerprint density at radius 2 is 1.92 bits per heavy atom. The van der Waals surface area contributed by atoms with Crippen LogP contribution in [0.25, 0.3) is 11.8 Å². The maximum Gasteiger partial charge on any atom is 0.270 e. The van der Waals surface area contributed by atoms with E-state index < -0.39 is 5.91 Å². The first-order valence-electron chi connectivity index (χ1n) is 13.3. The normalized spacial score (nSPS) is 20.2. The molecule has 1 aliphatic carbocycles. The second-order valence-electron chi connectivity index (χ2n) is 9.89. The second kappa shape index (κ2) is 13.2. The zero-order valence-corrected chi connectivity index (χ0v) is 22.9. The van der Waals surface area contributed by atoms with Crippen LogP contribution >= 0.6 is 11.3 Å². The fraction of sp³-hybridized carbons (Fsp3) is 0.464. The number of fused-ring (bicyclic) bond motifs is 1. The van der Waals surface area contributed by atoms with Gasteiger partial charge in [0.25, 0.3) is 11.5 Å². The summed E-state index contributed by atoms with van der Waals surface area (Å²) in [6.07, 6.45) is 7.94. The molecule has 1 saturated heterocycles. The quantitative estimate of drug-likeness (QED) is 0.426. The van der Waals surface area contributed by atoms with Crippen molar-refractivity contribution in [1.29, 1.82) is 10.5 Å². The molecule has 39 heavy (non-hydrogen) atoms. The Hall–Kier alpha value is -3.93. The Morgan fingerprint density at radius 1 is 1.15 bits per heavy atom. The first kappa shape index (κ1) is 28.1. The van der Waals surface area contributed by atoms with Gasteiger partial charge in [0.05, 0.1) is 12.6 Å². The average Bonchev–Trinajstić information content (AvgIpc) is 3.25. The number of likely N-dealkylation sites (tertiary alicyclic amines) is 1. The molecule has 204 valence electrons. The van der Waals surface area contributed by atoms with Gasteiger partial charge in [0.2, 0.25) is 5.91 Å². The van der Waals surface area contributed by atoms with E-state index in [1.54, 1.807) is 19.1 Å². The number of hydrogen-bond acceptors (Lipinski definition) is 8. The van der Waals surface area contributed by atoms with Crippen LogP contribution < -0.4 is 30.7 Å². The molecule has 2 aromatic rings. The molecule has 2 atom stereocenters. The molecule has 2 amide bonds. The molecule has 3 N–H and O–H groups in total. The van der Waals surface area contributed by atoms with Gasteiger partial charge in [-0.25, -0.2) is 0 Å². The molecule has 0 bridgehead atoms. The summed E-state index contributed by atoms with van der Waals surface area (Å²) >= 11 is 1.02. The summed E-state index contributed by atoms with van der Waals surface area (Å²) in [5.41, 5.74) is 0.769. The van der Waals surface area contributed by atoms with Crippen molar-refractivity contribution >= 4 is 46.3 Å². The lowest BCUT2D eigenvalue weighted by molar-refractivity contribution is -0.118. The fourth-order valence-corrected chi connectivity index (χ4v) is 6.54. The summed E-state index contributed by atoms with van der Waals surface area (Å²) in [5, 5.41) is 26.6. The molecule has 11 heteroatoms. The zero-order chi connectivity index (χ0) is 27.8. The largest absolute Gasteiger partial charge is 0.360 e. The Morgan fingerprint density at radius 3 is 2.67 bits per heavy atom. The number of aromatic nitrogens is 1. The number of anilines is 2. The Balaban J connectivity index is 1.45. The molecule has 2 fully saturated rings. The highest BCUT2D eigenvalue weighted by Crippen LogP contribution is 2.35. The highest BCUT2D eigenvalue weighted by atomic mass is 32.1. The van der Waals surface area contributed by atoms with E-state index in [9.17, 15) is 19.6 Å². The summed E-state index contributed by atoms with van der Waals surface area (Å²) in [6, 6.07) is 10.9. The van der Waals surface area contributed by atoms with Crippen molar-refractivity contribution in [1.82, 2.24) is 14.8 Å². The summed E-state index contributed by atoms with van der Waals surface area (Å²) in [6.45, 7) is 4.13. The first-order chi connectivity index (χ1) is 18.9. The van der Waals surface area contributed by atoms with Gasteiger partial charge < -0.3 is 16.0 Å². The van der Waals surface area contributed by atoms with Crippen molar-refractivity contribution < 1.29 is 9.59 Å². The van der Waals surface area contributed by atoms with E-state index in [0.717, 1.165) is 30.3 Å². The summed E-state index contributed by atoms with van der Waals surface area (Å²) in [5.74, 6) is 0.789. The van der Waals surface area contributed by atoms with Crippen LogP contribution in [0, 0.1) is 34.5 Å². The van der Waals surface area contributed by atoms with Crippen LogP contribution in [0.1, 0.15) is 39.0 Å². The number of hydrogen-bond donors (Lipinski definition) is 3. The predicted molar refractivity (Wildman–Crippen MR) is 151 cm³/mol. The molecule has 0 radical (unpaired) electrons. The van der Waals surface area contributed by atoms with Crippen molar-refractivity contribution in [2.24, 2.45) is 11.8 Å². The molecule has 2 aliphatic rings. The lowest BCUT2D eigenvalue weighted by Crippen LogP contribution is -2.44. The van der Waals surface area contributed by atoms with Crippen LogP contribution in [0.4, 0.5) is 11.4 Å². The van der Waals surface area contributed by atoms with Crippen molar-refractivity contribution in [3.05, 3.63) is 43.8 Å². The molecule has 10 nitrogen and oxygen atoms in total. The van der Waals surface area contributed by atoms with Crippen molar-refractivity contribution in [2.75, 3.05) is 36.8 Å². The number of piperidine rings is 1. The Labute approximate surface area is 231 Å². The topological polar surface area (TPSA) is 143 Å². The van der Waals surface area contributed by atoms with E-state index >= 15 is 0 Å². The number of thiazole rings is 1. The van der Waals surface area contributed by atoms with Gasteiger partial charge in [-0.1, -0.05) is 25.3 Å². The van der Waals surface area contributed by atoms with Gasteiger partial charge in [0.1, 0.15) is 21.8 Å². The third-order valence-electron chi connectivity index (χ3n) is 7.36. The van der Waals surface area contributed by atoms with Gasteiger partial charge in [-0.3, -0.25) is 23.9 Å². The van der Waals surface area contributed by atoms with Gasteiger partial charge in [-0.05, 0) is 56.3 Å². The van der Waals surface area contributed by atoms with Gasteiger partial charge in [-0.2, -0.15) is 10.5 Å². The highest BCUT2D eigenvalue weighted by molar-refractivity contribution is 7.07. The van der Waals surface area contributed by atoms with E-state index in [1.807, 2.05) is 24.3 Å². The van der Waals surface area contributed by atoms with Crippen LogP contribution in [-0.4, -0.2) is 47.5 Å². The molecule has 1 aromatic heterocycles. The molecule has 1 aromatic carbocycles. The number of nitrogens with one attached hydrogen (secondary N) is 3. The number of carbonyl (C=O) groups is 2. The Bertz CT molecular complexity index is 1480. The van der Waals surface area contributed by atoms with E-state index in [-0.39, 0.29) is 34.8 Å². The number of benzene rings is 1. The maximum absolute atomic E-state index is 12.9. The van der Waals surface area contributed by atoms with Crippen LogP contribution in [-0.2, 0) is 16.1 Å². The lowest BCUT2D eigenvalue weighted by Gasteiger charge is -2.41. The van der Waals surface area contributed by atoms with Gasteiger partial charge in [0.15, 0.2) is 5.57 Å². The van der Waals surface area contributed by atoms with E-state index in [2.05, 4.69) is 20.9 Å². The monoisotopic (exact) mass is 547 g/mol. The van der Waals surface area contributed by atoms with Gasteiger partial charge in [-0.15, -0.1) is 11.3 Å². The van der Waals surface area contributed by atoms with Crippen molar-refractivity contribution in [3.8, 4) is 12.1 Å². The highest BCUT2D eigenvalue weighted by Gasteiger charge is 2.31. The smallest absolute Gasteiger partial charge is 0.270 e. The first-order valence-corrected chi connectivity index (χ1v) is 14.1. The molecule has 0 spiro atoms. The lowest BCUT2D eigenvalue weighted by atomic mass is 9.75. The average molecular weight is 548 g/mol. The standard InChI is InChI=1S/C28H33N7O3S/c1-2-35-27(38)24(39-28(35)23(15-30)26(37)31-12-11-29)16-32-21-8-5-9-22(14-21)33-25(36)18-34-13-10-19-6-3-4-7-20(19)17-34/h5,8-9,14,16,19-20,32H,2-4,6-7,10,12-13,17-18H2,1H3,(H,31,37)(H,33,36)/t19-,20+/m0/s1. The number of rotatable bonds is 8. The van der Waals surface area contributed by atoms with E-state index in [4.69, 9.17) is 5.26 Å². The minimum absolute atomic E-state index is 0.0478. The fourth-order valence-electron chi connectivity index (χ4n) is 5.46. The molecule has 2 heterocycles. The van der Waals surface area contributed by atoms with E-state index in [1.165, 1.54) is 42.9 Å². The summed E-state index contributed by atoms with van der Waals surface area (Å²) < 4.78 is 1.90. The Kier molecular flexibility index (Phi) is 9.53. The minimum Gasteiger partial charge on any atom is -0.360 e. The number of amides is 2. The molecule has 4 rings (SSSR count). The minimum atomic E-state index is -0.700. The van der Waals surface area contributed by atoms with Crippen LogP contribution in [0.3, 0.4) is 0 Å².